The number of rotatable bonds is 7. The standard InChI is InChI=1S/C20H23NO3/c1-15(13-24-14-16-7-9-18(23-2)10-8-16)11-21-12-17-5-3-4-6-19(17)20(21)22/h3-10,15H,11-14H2,1-2H3. The Kier molecular flexibility index (Phi) is 5.16. The topological polar surface area (TPSA) is 38.8 Å². The van der Waals surface area contributed by atoms with Gasteiger partial charge in [-0.05, 0) is 35.2 Å². The fraction of sp³-hybridized carbons (Fsp3) is 0.350. The third-order valence-corrected chi connectivity index (χ3v) is 4.26. The molecule has 1 aliphatic rings. The van der Waals surface area contributed by atoms with Gasteiger partial charge in [0, 0.05) is 18.7 Å². The average molecular weight is 325 g/mol. The maximum absolute atomic E-state index is 12.4. The fourth-order valence-electron chi connectivity index (χ4n) is 2.99. The highest BCUT2D eigenvalue weighted by molar-refractivity contribution is 5.98. The second-order valence-electron chi connectivity index (χ2n) is 6.31. The summed E-state index contributed by atoms with van der Waals surface area (Å²) in [7, 11) is 1.66. The van der Waals surface area contributed by atoms with Gasteiger partial charge < -0.3 is 14.4 Å². The second kappa shape index (κ2) is 7.49. The van der Waals surface area contributed by atoms with E-state index in [-0.39, 0.29) is 5.91 Å². The number of fused-ring (bicyclic) bond motifs is 1. The van der Waals surface area contributed by atoms with Crippen LogP contribution < -0.4 is 4.74 Å². The third kappa shape index (κ3) is 3.77. The molecular formula is C20H23NO3. The molecule has 0 fully saturated rings. The zero-order valence-electron chi connectivity index (χ0n) is 14.2. The molecule has 2 aromatic carbocycles. The Morgan fingerprint density at radius 2 is 1.88 bits per heavy atom. The highest BCUT2D eigenvalue weighted by Gasteiger charge is 2.27. The lowest BCUT2D eigenvalue weighted by molar-refractivity contribution is 0.0613. The van der Waals surface area contributed by atoms with Crippen molar-refractivity contribution in [3.8, 4) is 5.75 Å². The maximum atomic E-state index is 12.4. The highest BCUT2D eigenvalue weighted by atomic mass is 16.5. The number of benzene rings is 2. The van der Waals surface area contributed by atoms with E-state index in [1.165, 1.54) is 0 Å². The Morgan fingerprint density at radius 1 is 1.12 bits per heavy atom. The van der Waals surface area contributed by atoms with Crippen LogP contribution in [0.25, 0.3) is 0 Å². The molecule has 126 valence electrons. The van der Waals surface area contributed by atoms with Crippen LogP contribution in [0.2, 0.25) is 0 Å². The molecule has 2 aromatic rings. The molecule has 1 heterocycles. The van der Waals surface area contributed by atoms with Crippen LogP contribution in [0.15, 0.2) is 48.5 Å². The third-order valence-electron chi connectivity index (χ3n) is 4.26. The Labute approximate surface area is 143 Å². The van der Waals surface area contributed by atoms with Crippen LogP contribution in [-0.4, -0.2) is 31.1 Å². The first-order chi connectivity index (χ1) is 11.7. The molecule has 0 spiro atoms. The summed E-state index contributed by atoms with van der Waals surface area (Å²) in [5.74, 6) is 1.27. The quantitative estimate of drug-likeness (QED) is 0.782. The van der Waals surface area contributed by atoms with Crippen molar-refractivity contribution in [3.05, 3.63) is 65.2 Å². The number of nitrogens with zero attached hydrogens (tertiary/aromatic N) is 1. The number of hydrogen-bond acceptors (Lipinski definition) is 3. The molecule has 0 bridgehead atoms. The van der Waals surface area contributed by atoms with Gasteiger partial charge in [-0.2, -0.15) is 0 Å². The molecule has 1 aliphatic heterocycles. The lowest BCUT2D eigenvalue weighted by atomic mass is 10.1. The lowest BCUT2D eigenvalue weighted by Crippen LogP contribution is -2.30. The largest absolute Gasteiger partial charge is 0.497 e. The van der Waals surface area contributed by atoms with Crippen molar-refractivity contribution in [3.63, 3.8) is 0 Å². The van der Waals surface area contributed by atoms with E-state index in [2.05, 4.69) is 6.92 Å². The molecule has 4 heteroatoms. The van der Waals surface area contributed by atoms with Gasteiger partial charge >= 0.3 is 0 Å². The summed E-state index contributed by atoms with van der Waals surface area (Å²) in [6.45, 7) is 4.74. The minimum atomic E-state index is 0.132. The molecule has 0 aromatic heterocycles. The summed E-state index contributed by atoms with van der Waals surface area (Å²) in [6, 6.07) is 15.7. The fourth-order valence-corrected chi connectivity index (χ4v) is 2.99. The van der Waals surface area contributed by atoms with E-state index in [0.717, 1.165) is 29.0 Å². The summed E-state index contributed by atoms with van der Waals surface area (Å²) in [5.41, 5.74) is 3.07. The van der Waals surface area contributed by atoms with Gasteiger partial charge in [0.25, 0.3) is 5.91 Å². The summed E-state index contributed by atoms with van der Waals surface area (Å²) >= 11 is 0. The Balaban J connectivity index is 1.45. The van der Waals surface area contributed by atoms with Crippen LogP contribution in [-0.2, 0) is 17.9 Å². The van der Waals surface area contributed by atoms with Gasteiger partial charge in [0.1, 0.15) is 5.75 Å². The predicted octanol–water partition coefficient (Wildman–Crippen LogP) is 3.50. The van der Waals surface area contributed by atoms with Crippen LogP contribution in [0.4, 0.5) is 0 Å². The smallest absolute Gasteiger partial charge is 0.254 e. The maximum Gasteiger partial charge on any atom is 0.254 e. The van der Waals surface area contributed by atoms with E-state index in [0.29, 0.717) is 25.7 Å². The summed E-state index contributed by atoms with van der Waals surface area (Å²) in [6.07, 6.45) is 0. The minimum absolute atomic E-state index is 0.132. The van der Waals surface area contributed by atoms with Crippen molar-refractivity contribution in [2.24, 2.45) is 5.92 Å². The van der Waals surface area contributed by atoms with Gasteiger partial charge in [0.05, 0.1) is 20.3 Å². The summed E-state index contributed by atoms with van der Waals surface area (Å²) in [5, 5.41) is 0. The first-order valence-electron chi connectivity index (χ1n) is 8.25. The second-order valence-corrected chi connectivity index (χ2v) is 6.31. The molecule has 24 heavy (non-hydrogen) atoms. The highest BCUT2D eigenvalue weighted by Crippen LogP contribution is 2.23. The number of hydrogen-bond donors (Lipinski definition) is 0. The molecular weight excluding hydrogens is 302 g/mol. The van der Waals surface area contributed by atoms with Gasteiger partial charge in [0.15, 0.2) is 0 Å². The first-order valence-corrected chi connectivity index (χ1v) is 8.25. The predicted molar refractivity (Wildman–Crippen MR) is 93.0 cm³/mol. The Bertz CT molecular complexity index is 696. The number of carbonyl (C=O) groups is 1. The number of methoxy groups -OCH3 is 1. The summed E-state index contributed by atoms with van der Waals surface area (Å²) in [4.78, 5) is 14.3. The van der Waals surface area contributed by atoms with Crippen molar-refractivity contribution in [2.75, 3.05) is 20.3 Å². The number of carbonyl (C=O) groups excluding carboxylic acids is 1. The molecule has 1 amide bonds. The molecule has 4 nitrogen and oxygen atoms in total. The molecule has 0 saturated carbocycles. The van der Waals surface area contributed by atoms with E-state index in [1.54, 1.807) is 7.11 Å². The average Bonchev–Trinajstić information content (AvgIpc) is 2.92. The zero-order valence-corrected chi connectivity index (χ0v) is 14.2. The van der Waals surface area contributed by atoms with Gasteiger partial charge in [-0.15, -0.1) is 0 Å². The van der Waals surface area contributed by atoms with Crippen LogP contribution in [0.3, 0.4) is 0 Å². The molecule has 0 radical (unpaired) electrons. The minimum Gasteiger partial charge on any atom is -0.497 e. The van der Waals surface area contributed by atoms with Crippen molar-refractivity contribution in [2.45, 2.75) is 20.1 Å². The van der Waals surface area contributed by atoms with Gasteiger partial charge in [-0.1, -0.05) is 37.3 Å². The number of ether oxygens (including phenoxy) is 2. The van der Waals surface area contributed by atoms with E-state index in [4.69, 9.17) is 9.47 Å². The monoisotopic (exact) mass is 325 g/mol. The van der Waals surface area contributed by atoms with Crippen molar-refractivity contribution >= 4 is 5.91 Å². The van der Waals surface area contributed by atoms with Gasteiger partial charge in [-0.25, -0.2) is 0 Å². The van der Waals surface area contributed by atoms with Crippen LogP contribution in [0, 0.1) is 5.92 Å². The normalized spacial score (nSPS) is 14.6. The van der Waals surface area contributed by atoms with Crippen molar-refractivity contribution < 1.29 is 14.3 Å². The Hall–Kier alpha value is -2.33. The van der Waals surface area contributed by atoms with E-state index < -0.39 is 0 Å². The summed E-state index contributed by atoms with van der Waals surface area (Å²) < 4.78 is 10.9. The van der Waals surface area contributed by atoms with Gasteiger partial charge in [0.2, 0.25) is 0 Å². The SMILES string of the molecule is COc1ccc(COCC(C)CN2Cc3ccccc3C2=O)cc1. The molecule has 0 N–H and O–H groups in total. The molecule has 0 aliphatic carbocycles. The van der Waals surface area contributed by atoms with Gasteiger partial charge in [-0.3, -0.25) is 4.79 Å². The zero-order chi connectivity index (χ0) is 16.9. The molecule has 1 atom stereocenters. The lowest BCUT2D eigenvalue weighted by Gasteiger charge is -2.20. The molecule has 1 unspecified atom stereocenters. The molecule has 3 rings (SSSR count). The van der Waals surface area contributed by atoms with E-state index in [1.807, 2.05) is 53.4 Å². The van der Waals surface area contributed by atoms with Crippen molar-refractivity contribution in [1.29, 1.82) is 0 Å². The van der Waals surface area contributed by atoms with Crippen LogP contribution in [0.5, 0.6) is 5.75 Å². The van der Waals surface area contributed by atoms with Crippen molar-refractivity contribution in [1.82, 2.24) is 4.90 Å². The van der Waals surface area contributed by atoms with Crippen LogP contribution in [0.1, 0.15) is 28.4 Å². The van der Waals surface area contributed by atoms with E-state index in [9.17, 15) is 4.79 Å². The van der Waals surface area contributed by atoms with E-state index >= 15 is 0 Å². The number of amides is 1. The van der Waals surface area contributed by atoms with Crippen LogP contribution >= 0.6 is 0 Å². The first kappa shape index (κ1) is 16.5. The molecule has 0 saturated heterocycles. The Morgan fingerprint density at radius 3 is 2.58 bits per heavy atom.